The van der Waals surface area contributed by atoms with Gasteiger partial charge < -0.3 is 10.2 Å². The summed E-state index contributed by atoms with van der Waals surface area (Å²) in [5.74, 6) is 0.561. The Morgan fingerprint density at radius 2 is 1.57 bits per heavy atom. The summed E-state index contributed by atoms with van der Waals surface area (Å²) in [7, 11) is -3.48. The molecule has 0 radical (unpaired) electrons. The van der Waals surface area contributed by atoms with Gasteiger partial charge >= 0.3 is 0 Å². The van der Waals surface area contributed by atoms with E-state index in [1.54, 1.807) is 8.61 Å². The Balaban J connectivity index is 1.44. The predicted octanol–water partition coefficient (Wildman–Crippen LogP) is 2.30. The first-order valence-electron chi connectivity index (χ1n) is 12.1. The predicted molar refractivity (Wildman–Crippen MR) is 120 cm³/mol. The van der Waals surface area contributed by atoms with Gasteiger partial charge in [0.1, 0.15) is 0 Å². The van der Waals surface area contributed by atoms with E-state index in [4.69, 9.17) is 0 Å². The molecule has 174 valence electrons. The maximum Gasteiger partial charge on any atom is 0.282 e. The molecule has 3 rings (SSSR count). The van der Waals surface area contributed by atoms with Crippen LogP contribution in [-0.2, 0) is 15.0 Å². The largest absolute Gasteiger partial charge is 0.356 e. The standard InChI is InChI=1S/C22H42N4O3S/c1-19-15-20(2)17-26(16-19)30(28,29)25-14-7-9-21(18-25)22(27)23-10-8-13-24-11-5-3-4-6-12-24/h19-21H,3-18H2,1-2H3,(H,23,27)/t19-,20+,21-/m1/s1. The van der Waals surface area contributed by atoms with Crippen molar-refractivity contribution in [1.29, 1.82) is 0 Å². The number of nitrogens with one attached hydrogen (secondary N) is 1. The van der Waals surface area contributed by atoms with Gasteiger partial charge in [-0.25, -0.2) is 0 Å². The molecule has 3 heterocycles. The summed E-state index contributed by atoms with van der Waals surface area (Å²) in [6, 6.07) is 0. The molecular weight excluding hydrogens is 400 g/mol. The van der Waals surface area contributed by atoms with Gasteiger partial charge in [0.25, 0.3) is 10.2 Å². The van der Waals surface area contributed by atoms with Crippen molar-refractivity contribution in [2.24, 2.45) is 17.8 Å². The van der Waals surface area contributed by atoms with E-state index in [0.717, 1.165) is 32.2 Å². The van der Waals surface area contributed by atoms with Crippen molar-refractivity contribution in [3.05, 3.63) is 0 Å². The Hall–Kier alpha value is -0.700. The fourth-order valence-electron chi connectivity index (χ4n) is 5.34. The number of carbonyl (C=O) groups is 1. The van der Waals surface area contributed by atoms with Crippen molar-refractivity contribution in [1.82, 2.24) is 18.8 Å². The van der Waals surface area contributed by atoms with Crippen molar-refractivity contribution in [2.75, 3.05) is 52.4 Å². The van der Waals surface area contributed by atoms with Crippen molar-refractivity contribution in [3.63, 3.8) is 0 Å². The number of rotatable bonds is 7. The molecule has 3 atom stereocenters. The molecule has 0 aromatic heterocycles. The Morgan fingerprint density at radius 3 is 2.23 bits per heavy atom. The normalized spacial score (nSPS) is 30.7. The van der Waals surface area contributed by atoms with Crippen LogP contribution in [0.3, 0.4) is 0 Å². The maximum atomic E-state index is 13.2. The van der Waals surface area contributed by atoms with E-state index in [1.807, 2.05) is 0 Å². The Kier molecular flexibility index (Phi) is 8.98. The van der Waals surface area contributed by atoms with Crippen LogP contribution in [-0.4, -0.2) is 80.2 Å². The number of nitrogens with zero attached hydrogens (tertiary/aromatic N) is 3. The lowest BCUT2D eigenvalue weighted by molar-refractivity contribution is -0.126. The van der Waals surface area contributed by atoms with Crippen LogP contribution in [0, 0.1) is 17.8 Å². The average molecular weight is 443 g/mol. The molecule has 3 aliphatic rings. The minimum absolute atomic E-state index is 0.0196. The lowest BCUT2D eigenvalue weighted by Gasteiger charge is -2.39. The first-order chi connectivity index (χ1) is 14.4. The van der Waals surface area contributed by atoms with Gasteiger partial charge in [0.05, 0.1) is 5.92 Å². The number of amides is 1. The van der Waals surface area contributed by atoms with Crippen molar-refractivity contribution in [3.8, 4) is 0 Å². The molecule has 8 heteroatoms. The number of hydrogen-bond donors (Lipinski definition) is 1. The molecule has 3 saturated heterocycles. The molecule has 30 heavy (non-hydrogen) atoms. The van der Waals surface area contributed by atoms with E-state index in [9.17, 15) is 13.2 Å². The second-order valence-corrected chi connectivity index (χ2v) is 11.8. The molecule has 0 bridgehead atoms. The van der Waals surface area contributed by atoms with E-state index >= 15 is 0 Å². The average Bonchev–Trinajstić information content (AvgIpc) is 2.99. The minimum Gasteiger partial charge on any atom is -0.356 e. The topological polar surface area (TPSA) is 73.0 Å². The SMILES string of the molecule is C[C@@H]1C[C@H](C)CN(S(=O)(=O)N2CCC[C@@H](C(=O)NCCCN3CCCCCC3)C2)C1. The zero-order valence-corrected chi connectivity index (χ0v) is 19.8. The van der Waals surface area contributed by atoms with E-state index in [0.29, 0.717) is 44.6 Å². The summed E-state index contributed by atoms with van der Waals surface area (Å²) in [6.45, 7) is 10.4. The van der Waals surface area contributed by atoms with E-state index in [1.165, 1.54) is 38.8 Å². The summed E-state index contributed by atoms with van der Waals surface area (Å²) in [5, 5.41) is 3.07. The monoisotopic (exact) mass is 442 g/mol. The third-order valence-corrected chi connectivity index (χ3v) is 8.83. The van der Waals surface area contributed by atoms with Crippen LogP contribution in [0.5, 0.6) is 0 Å². The van der Waals surface area contributed by atoms with Crippen LogP contribution in [0.1, 0.15) is 65.2 Å². The van der Waals surface area contributed by atoms with Crippen LogP contribution < -0.4 is 5.32 Å². The third kappa shape index (κ3) is 6.65. The quantitative estimate of drug-likeness (QED) is 0.614. The third-order valence-electron chi connectivity index (χ3n) is 6.89. The number of hydrogen-bond acceptors (Lipinski definition) is 4. The second kappa shape index (κ2) is 11.2. The van der Waals surface area contributed by atoms with Gasteiger partial charge in [0.15, 0.2) is 0 Å². The fraction of sp³-hybridized carbons (Fsp3) is 0.955. The highest BCUT2D eigenvalue weighted by Crippen LogP contribution is 2.27. The van der Waals surface area contributed by atoms with Gasteiger partial charge in [-0.15, -0.1) is 0 Å². The molecule has 3 aliphatic heterocycles. The van der Waals surface area contributed by atoms with Crippen molar-refractivity contribution in [2.45, 2.75) is 65.2 Å². The molecule has 3 fully saturated rings. The number of likely N-dealkylation sites (tertiary alicyclic amines) is 1. The molecule has 1 N–H and O–H groups in total. The highest BCUT2D eigenvalue weighted by Gasteiger charge is 2.38. The first kappa shape index (κ1) is 24.0. The summed E-state index contributed by atoms with van der Waals surface area (Å²) in [5.41, 5.74) is 0. The van der Waals surface area contributed by atoms with Crippen LogP contribution in [0.4, 0.5) is 0 Å². The Labute approximate surface area is 183 Å². The van der Waals surface area contributed by atoms with Gasteiger partial charge in [-0.2, -0.15) is 17.0 Å². The van der Waals surface area contributed by atoms with Gasteiger partial charge in [-0.1, -0.05) is 26.7 Å². The molecule has 0 saturated carbocycles. The number of carbonyl (C=O) groups excluding carboxylic acids is 1. The highest BCUT2D eigenvalue weighted by molar-refractivity contribution is 7.86. The molecule has 0 aliphatic carbocycles. The lowest BCUT2D eigenvalue weighted by atomic mass is 9.94. The summed E-state index contributed by atoms with van der Waals surface area (Å²) in [4.78, 5) is 15.2. The fourth-order valence-corrected chi connectivity index (χ4v) is 7.28. The molecule has 7 nitrogen and oxygen atoms in total. The highest BCUT2D eigenvalue weighted by atomic mass is 32.2. The van der Waals surface area contributed by atoms with Gasteiger partial charge in [0.2, 0.25) is 5.91 Å². The van der Waals surface area contributed by atoms with Crippen LogP contribution in [0.25, 0.3) is 0 Å². The number of piperidine rings is 2. The van der Waals surface area contributed by atoms with Crippen molar-refractivity contribution < 1.29 is 13.2 Å². The molecule has 1 amide bonds. The lowest BCUT2D eigenvalue weighted by Crippen LogP contribution is -2.53. The Bertz CT molecular complexity index is 639. The van der Waals surface area contributed by atoms with Gasteiger partial charge in [-0.3, -0.25) is 4.79 Å². The summed E-state index contributed by atoms with van der Waals surface area (Å²) < 4.78 is 29.6. The zero-order chi connectivity index (χ0) is 21.6. The van der Waals surface area contributed by atoms with E-state index < -0.39 is 10.2 Å². The van der Waals surface area contributed by atoms with E-state index in [-0.39, 0.29) is 11.8 Å². The minimum atomic E-state index is -3.48. The Morgan fingerprint density at radius 1 is 0.900 bits per heavy atom. The summed E-state index contributed by atoms with van der Waals surface area (Å²) in [6.07, 6.45) is 8.81. The molecule has 0 aromatic carbocycles. The van der Waals surface area contributed by atoms with Crippen molar-refractivity contribution >= 4 is 16.1 Å². The second-order valence-electron chi connectivity index (χ2n) is 9.87. The molecule has 0 spiro atoms. The zero-order valence-electron chi connectivity index (χ0n) is 19.0. The molecule has 0 aromatic rings. The molecular formula is C22H42N4O3S. The van der Waals surface area contributed by atoms with Crippen LogP contribution in [0.2, 0.25) is 0 Å². The maximum absolute atomic E-state index is 13.2. The van der Waals surface area contributed by atoms with E-state index in [2.05, 4.69) is 24.1 Å². The smallest absolute Gasteiger partial charge is 0.282 e. The molecule has 0 unspecified atom stereocenters. The first-order valence-corrected chi connectivity index (χ1v) is 13.5. The van der Waals surface area contributed by atoms with Crippen LogP contribution >= 0.6 is 0 Å². The van der Waals surface area contributed by atoms with Gasteiger partial charge in [0, 0.05) is 32.7 Å². The van der Waals surface area contributed by atoms with Gasteiger partial charge in [-0.05, 0) is 70.0 Å². The van der Waals surface area contributed by atoms with Crippen LogP contribution in [0.15, 0.2) is 0 Å². The summed E-state index contributed by atoms with van der Waals surface area (Å²) >= 11 is 0.